The van der Waals surface area contributed by atoms with Crippen LogP contribution in [-0.2, 0) is 0 Å². The fourth-order valence-corrected chi connectivity index (χ4v) is 3.12. The Hall–Kier alpha value is -0.820. The van der Waals surface area contributed by atoms with Gasteiger partial charge >= 0.3 is 0 Å². The van der Waals surface area contributed by atoms with Crippen molar-refractivity contribution in [3.63, 3.8) is 0 Å². The summed E-state index contributed by atoms with van der Waals surface area (Å²) >= 11 is 0. The van der Waals surface area contributed by atoms with Gasteiger partial charge in [0.15, 0.2) is 0 Å². The Morgan fingerprint density at radius 1 is 1.00 bits per heavy atom. The molecule has 100 valence electrons. The first-order valence-electron chi connectivity index (χ1n) is 7.49. The molecule has 1 saturated carbocycles. The molecule has 1 nitrogen and oxygen atoms in total. The van der Waals surface area contributed by atoms with Gasteiger partial charge in [0.1, 0.15) is 0 Å². The zero-order valence-corrected chi connectivity index (χ0v) is 12.1. The van der Waals surface area contributed by atoms with Crippen LogP contribution in [0.1, 0.15) is 63.1 Å². The van der Waals surface area contributed by atoms with E-state index >= 15 is 0 Å². The molecule has 0 spiro atoms. The highest BCUT2D eigenvalue weighted by atomic mass is 14.9. The summed E-state index contributed by atoms with van der Waals surface area (Å²) in [7, 11) is 0. The lowest BCUT2D eigenvalue weighted by molar-refractivity contribution is 0.268. The fourth-order valence-electron chi connectivity index (χ4n) is 3.12. The predicted octanol–water partition coefficient (Wildman–Crippen LogP) is 4.61. The molecule has 0 aliphatic heterocycles. The van der Waals surface area contributed by atoms with Crippen molar-refractivity contribution < 1.29 is 0 Å². The second kappa shape index (κ2) is 6.38. The second-order valence-electron chi connectivity index (χ2n) is 5.99. The van der Waals surface area contributed by atoms with Gasteiger partial charge in [-0.3, -0.25) is 0 Å². The summed E-state index contributed by atoms with van der Waals surface area (Å²) in [5.41, 5.74) is 2.74. The highest BCUT2D eigenvalue weighted by molar-refractivity contribution is 5.23. The topological polar surface area (TPSA) is 12.0 Å². The van der Waals surface area contributed by atoms with Crippen LogP contribution in [0.3, 0.4) is 0 Å². The van der Waals surface area contributed by atoms with Crippen LogP contribution in [0.25, 0.3) is 0 Å². The average Bonchev–Trinajstić information content (AvgIpc) is 2.40. The van der Waals surface area contributed by atoms with Crippen LogP contribution in [-0.4, -0.2) is 6.04 Å². The third-order valence-electron chi connectivity index (χ3n) is 4.45. The van der Waals surface area contributed by atoms with E-state index in [1.54, 1.807) is 0 Å². The molecule has 18 heavy (non-hydrogen) atoms. The van der Waals surface area contributed by atoms with Crippen LogP contribution >= 0.6 is 0 Å². The third-order valence-corrected chi connectivity index (χ3v) is 4.45. The lowest BCUT2D eigenvalue weighted by Gasteiger charge is -2.30. The number of nitrogens with one attached hydrogen (secondary N) is 1. The van der Waals surface area contributed by atoms with Gasteiger partial charge in [0.05, 0.1) is 0 Å². The van der Waals surface area contributed by atoms with Crippen LogP contribution in [0.2, 0.25) is 0 Å². The van der Waals surface area contributed by atoms with E-state index in [9.17, 15) is 0 Å². The summed E-state index contributed by atoms with van der Waals surface area (Å²) in [6.45, 7) is 6.79. The minimum atomic E-state index is 0.461. The molecular weight excluding hydrogens is 218 g/mol. The van der Waals surface area contributed by atoms with Gasteiger partial charge in [0, 0.05) is 12.1 Å². The van der Waals surface area contributed by atoms with Crippen LogP contribution in [0.4, 0.5) is 0 Å². The molecule has 1 aromatic rings. The molecule has 0 amide bonds. The van der Waals surface area contributed by atoms with E-state index in [4.69, 9.17) is 0 Å². The minimum absolute atomic E-state index is 0.461. The Balaban J connectivity index is 1.89. The quantitative estimate of drug-likeness (QED) is 0.816. The molecule has 1 fully saturated rings. The first-order valence-corrected chi connectivity index (χ1v) is 7.49. The van der Waals surface area contributed by atoms with E-state index in [0.29, 0.717) is 12.1 Å². The molecular formula is C17H27N. The molecule has 2 atom stereocenters. The molecule has 0 radical (unpaired) electrons. The number of hydrogen-bond donors (Lipinski definition) is 1. The van der Waals surface area contributed by atoms with Crippen LogP contribution in [0, 0.1) is 12.8 Å². The second-order valence-corrected chi connectivity index (χ2v) is 5.99. The van der Waals surface area contributed by atoms with E-state index in [2.05, 4.69) is 50.4 Å². The molecule has 2 rings (SSSR count). The zero-order chi connectivity index (χ0) is 13.0. The van der Waals surface area contributed by atoms with E-state index in [1.165, 1.54) is 43.2 Å². The molecule has 0 heterocycles. The van der Waals surface area contributed by atoms with Crippen molar-refractivity contribution >= 4 is 0 Å². The lowest BCUT2D eigenvalue weighted by atomic mass is 9.84. The molecule has 1 N–H and O–H groups in total. The Morgan fingerprint density at radius 3 is 2.22 bits per heavy atom. The first-order chi connectivity index (χ1) is 8.66. The first kappa shape index (κ1) is 13.6. The van der Waals surface area contributed by atoms with Gasteiger partial charge < -0.3 is 5.32 Å². The molecule has 0 aromatic heterocycles. The van der Waals surface area contributed by atoms with Crippen molar-refractivity contribution in [2.45, 2.75) is 65.0 Å². The van der Waals surface area contributed by atoms with Crippen molar-refractivity contribution in [2.24, 2.45) is 5.92 Å². The highest BCUT2D eigenvalue weighted by Gasteiger charge is 2.21. The molecule has 1 heteroatoms. The molecule has 1 aliphatic carbocycles. The molecule has 1 aliphatic rings. The smallest absolute Gasteiger partial charge is 0.0294 e. The average molecular weight is 245 g/mol. The van der Waals surface area contributed by atoms with Crippen LogP contribution in [0.5, 0.6) is 0 Å². The Morgan fingerprint density at radius 2 is 1.61 bits per heavy atom. The standard InChI is InChI=1S/C17H27N/c1-13-9-11-17(12-10-13)15(3)18-14(2)16-7-5-4-6-8-16/h9-12,14-16,18H,4-8H2,1-3H3/t14-,15?/m1/s1. The summed E-state index contributed by atoms with van der Waals surface area (Å²) in [4.78, 5) is 0. The summed E-state index contributed by atoms with van der Waals surface area (Å²) in [6, 6.07) is 10.0. The fraction of sp³-hybridized carbons (Fsp3) is 0.647. The number of aryl methyl sites for hydroxylation is 1. The summed E-state index contributed by atoms with van der Waals surface area (Å²) in [6.07, 6.45) is 7.12. The van der Waals surface area contributed by atoms with E-state index in [1.807, 2.05) is 0 Å². The SMILES string of the molecule is Cc1ccc(C(C)N[C@H](C)C2CCCCC2)cc1. The van der Waals surface area contributed by atoms with Gasteiger partial charge in [0.2, 0.25) is 0 Å². The minimum Gasteiger partial charge on any atom is -0.307 e. The predicted molar refractivity (Wildman–Crippen MR) is 78.8 cm³/mol. The number of hydrogen-bond acceptors (Lipinski definition) is 1. The van der Waals surface area contributed by atoms with Crippen LogP contribution < -0.4 is 5.32 Å². The van der Waals surface area contributed by atoms with E-state index in [-0.39, 0.29) is 0 Å². The summed E-state index contributed by atoms with van der Waals surface area (Å²) in [5.74, 6) is 0.881. The van der Waals surface area contributed by atoms with Crippen molar-refractivity contribution in [3.05, 3.63) is 35.4 Å². The molecule has 1 aromatic carbocycles. The lowest BCUT2D eigenvalue weighted by Crippen LogP contribution is -2.36. The zero-order valence-electron chi connectivity index (χ0n) is 12.1. The molecule has 1 unspecified atom stereocenters. The van der Waals surface area contributed by atoms with Crippen molar-refractivity contribution in [1.29, 1.82) is 0 Å². The number of benzene rings is 1. The van der Waals surface area contributed by atoms with E-state index in [0.717, 1.165) is 5.92 Å². The maximum Gasteiger partial charge on any atom is 0.0294 e. The summed E-state index contributed by atoms with van der Waals surface area (Å²) in [5, 5.41) is 3.79. The largest absolute Gasteiger partial charge is 0.307 e. The van der Waals surface area contributed by atoms with Crippen molar-refractivity contribution in [1.82, 2.24) is 5.32 Å². The van der Waals surface area contributed by atoms with Gasteiger partial charge in [-0.15, -0.1) is 0 Å². The van der Waals surface area contributed by atoms with Gasteiger partial charge in [0.25, 0.3) is 0 Å². The molecule has 0 bridgehead atoms. The normalized spacial score (nSPS) is 20.6. The highest BCUT2D eigenvalue weighted by Crippen LogP contribution is 2.27. The maximum atomic E-state index is 3.79. The monoisotopic (exact) mass is 245 g/mol. The van der Waals surface area contributed by atoms with E-state index < -0.39 is 0 Å². The Bertz CT molecular complexity index is 348. The van der Waals surface area contributed by atoms with Crippen molar-refractivity contribution in [2.75, 3.05) is 0 Å². The van der Waals surface area contributed by atoms with Gasteiger partial charge in [-0.25, -0.2) is 0 Å². The van der Waals surface area contributed by atoms with Crippen LogP contribution in [0.15, 0.2) is 24.3 Å². The Kier molecular flexibility index (Phi) is 4.82. The maximum absolute atomic E-state index is 3.79. The van der Waals surface area contributed by atoms with Gasteiger partial charge in [-0.2, -0.15) is 0 Å². The van der Waals surface area contributed by atoms with Gasteiger partial charge in [-0.05, 0) is 45.1 Å². The Labute approximate surface area is 112 Å². The third kappa shape index (κ3) is 3.58. The van der Waals surface area contributed by atoms with Crippen molar-refractivity contribution in [3.8, 4) is 0 Å². The number of rotatable bonds is 4. The summed E-state index contributed by atoms with van der Waals surface area (Å²) < 4.78 is 0. The van der Waals surface area contributed by atoms with Gasteiger partial charge in [-0.1, -0.05) is 49.1 Å². The molecule has 0 saturated heterocycles.